The van der Waals surface area contributed by atoms with Crippen molar-refractivity contribution in [2.24, 2.45) is 0 Å². The van der Waals surface area contributed by atoms with Crippen LogP contribution < -0.4 is 0 Å². The van der Waals surface area contributed by atoms with Gasteiger partial charge in [-0.25, -0.2) is 0 Å². The van der Waals surface area contributed by atoms with Crippen LogP contribution in [0.15, 0.2) is 73.1 Å². The van der Waals surface area contributed by atoms with Gasteiger partial charge in [0.15, 0.2) is 0 Å². The number of hydrogen-bond acceptors (Lipinski definition) is 2. The van der Waals surface area contributed by atoms with Crippen molar-refractivity contribution in [3.63, 3.8) is 0 Å². The predicted molar refractivity (Wildman–Crippen MR) is 141 cm³/mol. The van der Waals surface area contributed by atoms with Crippen LogP contribution >= 0.6 is 0 Å². The van der Waals surface area contributed by atoms with Crippen molar-refractivity contribution in [3.8, 4) is 22.4 Å². The lowest BCUT2D eigenvalue weighted by molar-refractivity contribution is 0.641. The first-order valence-electron chi connectivity index (χ1n) is 12.1. The number of pyridine rings is 2. The second-order valence-corrected chi connectivity index (χ2v) is 11.1. The van der Waals surface area contributed by atoms with E-state index in [1.165, 1.54) is 71.4 Å². The summed E-state index contributed by atoms with van der Waals surface area (Å²) in [5.41, 5.74) is 10.0. The number of hydrogen-bond donors (Lipinski definition) is 0. The van der Waals surface area contributed by atoms with E-state index in [9.17, 15) is 0 Å². The van der Waals surface area contributed by atoms with Gasteiger partial charge in [-0.3, -0.25) is 9.97 Å². The lowest BCUT2D eigenvalue weighted by atomic mass is 9.68. The first kappa shape index (κ1) is 18.6. The van der Waals surface area contributed by atoms with Gasteiger partial charge in [0, 0.05) is 34.4 Å². The number of nitrogens with zero attached hydrogens (tertiary/aromatic N) is 2. The molecule has 2 heteroatoms. The quantitative estimate of drug-likeness (QED) is 0.226. The molecule has 8 rings (SSSR count). The fourth-order valence-corrected chi connectivity index (χ4v) is 7.09. The van der Waals surface area contributed by atoms with Crippen molar-refractivity contribution in [3.05, 3.63) is 95.4 Å². The van der Waals surface area contributed by atoms with E-state index in [4.69, 9.17) is 9.97 Å². The second kappa shape index (κ2) is 5.64. The third kappa shape index (κ3) is 1.93. The minimum atomic E-state index is -0.135. The summed E-state index contributed by atoms with van der Waals surface area (Å²) in [7, 11) is 0. The third-order valence-electron chi connectivity index (χ3n) is 8.61. The molecule has 34 heavy (non-hydrogen) atoms. The second-order valence-electron chi connectivity index (χ2n) is 11.1. The summed E-state index contributed by atoms with van der Waals surface area (Å²) < 4.78 is 0. The number of rotatable bonds is 0. The molecule has 2 aromatic heterocycles. The van der Waals surface area contributed by atoms with Crippen LogP contribution in [0.2, 0.25) is 0 Å². The van der Waals surface area contributed by atoms with Crippen LogP contribution in [0.25, 0.3) is 54.7 Å². The maximum absolute atomic E-state index is 4.92. The summed E-state index contributed by atoms with van der Waals surface area (Å²) in [6.45, 7) is 9.33. The zero-order valence-corrected chi connectivity index (χ0v) is 19.8. The summed E-state index contributed by atoms with van der Waals surface area (Å²) in [4.78, 5) is 9.76. The Morgan fingerprint density at radius 3 is 2.24 bits per heavy atom. The van der Waals surface area contributed by atoms with Gasteiger partial charge in [-0.2, -0.15) is 0 Å². The Balaban J connectivity index is 1.64. The van der Waals surface area contributed by atoms with Crippen LogP contribution in [0, 0.1) is 0 Å². The van der Waals surface area contributed by atoms with Gasteiger partial charge in [0.25, 0.3) is 0 Å². The maximum atomic E-state index is 4.92. The first-order valence-corrected chi connectivity index (χ1v) is 12.1. The van der Waals surface area contributed by atoms with E-state index in [2.05, 4.69) is 88.4 Å². The zero-order valence-electron chi connectivity index (χ0n) is 19.8. The molecule has 162 valence electrons. The molecule has 2 heterocycles. The molecule has 0 saturated heterocycles. The Kier molecular flexibility index (Phi) is 3.09. The topological polar surface area (TPSA) is 25.8 Å². The molecule has 0 radical (unpaired) electrons. The van der Waals surface area contributed by atoms with E-state index in [0.29, 0.717) is 0 Å². The van der Waals surface area contributed by atoms with Crippen LogP contribution in [-0.2, 0) is 10.8 Å². The molecular formula is C32H24N2. The van der Waals surface area contributed by atoms with Crippen LogP contribution in [0.4, 0.5) is 0 Å². The summed E-state index contributed by atoms with van der Waals surface area (Å²) in [5, 5.41) is 8.10. The van der Waals surface area contributed by atoms with E-state index >= 15 is 0 Å². The minimum Gasteiger partial charge on any atom is -0.260 e. The smallest absolute Gasteiger partial charge is 0.0749 e. The Hall–Kier alpha value is -3.78. The number of aromatic nitrogens is 2. The lowest BCUT2D eigenvalue weighted by Gasteiger charge is -2.35. The molecule has 6 aromatic rings. The molecule has 0 bridgehead atoms. The first-order chi connectivity index (χ1) is 16.4. The molecular weight excluding hydrogens is 412 g/mol. The van der Waals surface area contributed by atoms with Crippen molar-refractivity contribution in [2.75, 3.05) is 0 Å². The predicted octanol–water partition coefficient (Wildman–Crippen LogP) is 7.99. The van der Waals surface area contributed by atoms with Crippen molar-refractivity contribution >= 4 is 32.3 Å². The molecule has 0 atom stereocenters. The van der Waals surface area contributed by atoms with Gasteiger partial charge < -0.3 is 0 Å². The fourth-order valence-electron chi connectivity index (χ4n) is 7.09. The van der Waals surface area contributed by atoms with E-state index in [-0.39, 0.29) is 10.8 Å². The number of benzene rings is 4. The molecule has 0 N–H and O–H groups in total. The molecule has 2 aliphatic rings. The molecule has 0 saturated carbocycles. The molecule has 0 aliphatic heterocycles. The maximum Gasteiger partial charge on any atom is 0.0749 e. The molecule has 0 unspecified atom stereocenters. The van der Waals surface area contributed by atoms with Gasteiger partial charge in [0.05, 0.1) is 11.4 Å². The summed E-state index contributed by atoms with van der Waals surface area (Å²) >= 11 is 0. The van der Waals surface area contributed by atoms with Gasteiger partial charge in [0.1, 0.15) is 0 Å². The standard InChI is InChI=1S/C32H24N2/c1-31(2)23-12-10-17-9-11-20-25-18(15-21-19-7-5-14-34-30(19)32(3,4)28(20)21)16-22(27(23)26(17)25)29-24(31)8-6-13-33-29/h5-16H,1-4H3. The zero-order chi connectivity index (χ0) is 23.0. The lowest BCUT2D eigenvalue weighted by Crippen LogP contribution is -2.24. The van der Waals surface area contributed by atoms with E-state index in [1.807, 2.05) is 12.4 Å². The molecule has 2 nitrogen and oxygen atoms in total. The Morgan fingerprint density at radius 1 is 0.588 bits per heavy atom. The van der Waals surface area contributed by atoms with Crippen LogP contribution in [0.5, 0.6) is 0 Å². The monoisotopic (exact) mass is 436 g/mol. The molecule has 2 aliphatic carbocycles. The van der Waals surface area contributed by atoms with Crippen molar-refractivity contribution in [1.82, 2.24) is 9.97 Å². The van der Waals surface area contributed by atoms with E-state index < -0.39 is 0 Å². The SMILES string of the molecule is CC1(C)c2ncccc2-c2cc3cc4c5c(ccc6ccc(c21)c3c65)C(C)(C)c1cccnc1-4. The highest BCUT2D eigenvalue weighted by molar-refractivity contribution is 6.29. The normalized spacial score (nSPS) is 16.7. The molecule has 0 amide bonds. The summed E-state index contributed by atoms with van der Waals surface area (Å²) in [5.74, 6) is 0. The van der Waals surface area contributed by atoms with Crippen molar-refractivity contribution in [1.29, 1.82) is 0 Å². The van der Waals surface area contributed by atoms with Crippen LogP contribution in [-0.4, -0.2) is 9.97 Å². The van der Waals surface area contributed by atoms with Crippen molar-refractivity contribution < 1.29 is 0 Å². The molecule has 4 aromatic carbocycles. The van der Waals surface area contributed by atoms with Gasteiger partial charge in [-0.1, -0.05) is 64.1 Å². The molecule has 0 fully saturated rings. The Bertz CT molecular complexity index is 1860. The minimum absolute atomic E-state index is 0.0969. The van der Waals surface area contributed by atoms with Crippen molar-refractivity contribution in [2.45, 2.75) is 38.5 Å². The average molecular weight is 437 g/mol. The van der Waals surface area contributed by atoms with Gasteiger partial charge in [-0.15, -0.1) is 0 Å². The highest BCUT2D eigenvalue weighted by Gasteiger charge is 2.40. The van der Waals surface area contributed by atoms with E-state index in [0.717, 1.165) is 5.69 Å². The van der Waals surface area contributed by atoms with E-state index in [1.54, 1.807) is 0 Å². The summed E-state index contributed by atoms with van der Waals surface area (Å²) in [6, 6.07) is 22.8. The fraction of sp³-hybridized carbons (Fsp3) is 0.188. The van der Waals surface area contributed by atoms with Gasteiger partial charge >= 0.3 is 0 Å². The Labute approximate surface area is 198 Å². The number of fused-ring (bicyclic) bond motifs is 6. The Morgan fingerprint density at radius 2 is 1.35 bits per heavy atom. The average Bonchev–Trinajstić information content (AvgIpc) is 3.08. The highest BCUT2D eigenvalue weighted by atomic mass is 14.7. The third-order valence-corrected chi connectivity index (χ3v) is 8.61. The largest absolute Gasteiger partial charge is 0.260 e. The van der Waals surface area contributed by atoms with Gasteiger partial charge in [0.2, 0.25) is 0 Å². The van der Waals surface area contributed by atoms with Crippen LogP contribution in [0.1, 0.15) is 50.1 Å². The van der Waals surface area contributed by atoms with Crippen LogP contribution in [0.3, 0.4) is 0 Å². The summed E-state index contributed by atoms with van der Waals surface area (Å²) in [6.07, 6.45) is 3.86. The van der Waals surface area contributed by atoms with Gasteiger partial charge in [-0.05, 0) is 78.8 Å². The highest BCUT2D eigenvalue weighted by Crippen LogP contribution is 2.56. The molecule has 0 spiro atoms.